The highest BCUT2D eigenvalue weighted by molar-refractivity contribution is 7.14. The van der Waals surface area contributed by atoms with Crippen LogP contribution in [0.1, 0.15) is 35.6 Å². The summed E-state index contributed by atoms with van der Waals surface area (Å²) in [4.78, 5) is 32.4. The van der Waals surface area contributed by atoms with Crippen LogP contribution in [0, 0.1) is 0 Å². The highest BCUT2D eigenvalue weighted by Gasteiger charge is 2.12. The van der Waals surface area contributed by atoms with Crippen molar-refractivity contribution in [2.75, 3.05) is 11.4 Å². The summed E-state index contributed by atoms with van der Waals surface area (Å²) in [5, 5.41) is 11.4. The van der Waals surface area contributed by atoms with Crippen molar-refractivity contribution in [3.8, 4) is 0 Å². The van der Waals surface area contributed by atoms with E-state index in [0.29, 0.717) is 23.1 Å². The molecule has 1 N–H and O–H groups in total. The fourth-order valence-corrected chi connectivity index (χ4v) is 2.71. The van der Waals surface area contributed by atoms with Crippen LogP contribution in [0.15, 0.2) is 23.7 Å². The molecule has 0 unspecified atom stereocenters. The van der Waals surface area contributed by atoms with Gasteiger partial charge in [0.05, 0.1) is 17.0 Å². The first kappa shape index (κ1) is 15.8. The van der Waals surface area contributed by atoms with Gasteiger partial charge in [-0.1, -0.05) is 0 Å². The van der Waals surface area contributed by atoms with E-state index in [1.54, 1.807) is 17.1 Å². The summed E-state index contributed by atoms with van der Waals surface area (Å²) in [5.41, 5.74) is 1.41. The average Bonchev–Trinajstić information content (AvgIpc) is 2.94. The lowest BCUT2D eigenvalue weighted by Gasteiger charge is -2.14. The van der Waals surface area contributed by atoms with E-state index in [1.165, 1.54) is 36.6 Å². The lowest BCUT2D eigenvalue weighted by molar-refractivity contribution is -0.116. The van der Waals surface area contributed by atoms with Gasteiger partial charge in [0.2, 0.25) is 5.91 Å². The minimum absolute atomic E-state index is 0.0526. The maximum atomic E-state index is 11.5. The standard InChI is InChI=1S/C15H15N3O3S/c1-3-18(10(2)19)15-17-13(9-22-15)5-4-12-8-11(14(20)21)6-7-16-12/h4-9H,3H2,1-2H3,(H,20,21)/b5-4+. The molecule has 2 rings (SSSR count). The Morgan fingerprint density at radius 3 is 2.73 bits per heavy atom. The number of carbonyl (C=O) groups excluding carboxylic acids is 1. The summed E-state index contributed by atoms with van der Waals surface area (Å²) in [6.07, 6.45) is 4.88. The van der Waals surface area contributed by atoms with E-state index in [9.17, 15) is 9.59 Å². The second-order valence-corrected chi connectivity index (χ2v) is 5.26. The van der Waals surface area contributed by atoms with E-state index in [4.69, 9.17) is 5.11 Å². The fourth-order valence-electron chi connectivity index (χ4n) is 1.81. The number of aromatic nitrogens is 2. The second-order valence-electron chi connectivity index (χ2n) is 4.43. The molecule has 7 heteroatoms. The van der Waals surface area contributed by atoms with Gasteiger partial charge in [0.1, 0.15) is 0 Å². The molecule has 0 fully saturated rings. The number of hydrogen-bond donors (Lipinski definition) is 1. The number of rotatable bonds is 5. The number of carboxylic acids is 1. The highest BCUT2D eigenvalue weighted by Crippen LogP contribution is 2.21. The summed E-state index contributed by atoms with van der Waals surface area (Å²) < 4.78 is 0. The molecular formula is C15H15N3O3S. The molecule has 6 nitrogen and oxygen atoms in total. The number of carbonyl (C=O) groups is 2. The number of amides is 1. The Kier molecular flexibility index (Phi) is 5.00. The van der Waals surface area contributed by atoms with Crippen molar-refractivity contribution in [3.05, 3.63) is 40.7 Å². The average molecular weight is 317 g/mol. The van der Waals surface area contributed by atoms with Crippen LogP contribution in [-0.4, -0.2) is 33.5 Å². The van der Waals surface area contributed by atoms with Gasteiger partial charge in [-0.2, -0.15) is 0 Å². The molecule has 0 aliphatic carbocycles. The molecule has 2 aromatic rings. The molecule has 0 bridgehead atoms. The van der Waals surface area contributed by atoms with Crippen molar-refractivity contribution in [2.45, 2.75) is 13.8 Å². The van der Waals surface area contributed by atoms with E-state index in [-0.39, 0.29) is 11.5 Å². The first-order valence-corrected chi connectivity index (χ1v) is 7.50. The van der Waals surface area contributed by atoms with Crippen molar-refractivity contribution < 1.29 is 14.7 Å². The van der Waals surface area contributed by atoms with E-state index < -0.39 is 5.97 Å². The Balaban J connectivity index is 2.17. The summed E-state index contributed by atoms with van der Waals surface area (Å²) in [5.74, 6) is -1.05. The number of hydrogen-bond acceptors (Lipinski definition) is 5. The monoisotopic (exact) mass is 317 g/mol. The van der Waals surface area contributed by atoms with E-state index in [2.05, 4.69) is 9.97 Å². The van der Waals surface area contributed by atoms with Crippen LogP contribution in [0.25, 0.3) is 12.2 Å². The lowest BCUT2D eigenvalue weighted by Crippen LogP contribution is -2.27. The highest BCUT2D eigenvalue weighted by atomic mass is 32.1. The molecule has 0 radical (unpaired) electrons. The van der Waals surface area contributed by atoms with Crippen LogP contribution in [0.2, 0.25) is 0 Å². The van der Waals surface area contributed by atoms with Crippen molar-refractivity contribution in [1.82, 2.24) is 9.97 Å². The zero-order valence-corrected chi connectivity index (χ0v) is 13.0. The van der Waals surface area contributed by atoms with Gasteiger partial charge < -0.3 is 5.11 Å². The lowest BCUT2D eigenvalue weighted by atomic mass is 10.2. The third kappa shape index (κ3) is 3.76. The predicted octanol–water partition coefficient (Wildman–Crippen LogP) is 2.78. The van der Waals surface area contributed by atoms with Crippen LogP contribution in [0.5, 0.6) is 0 Å². The number of pyridine rings is 1. The number of anilines is 1. The molecule has 1 amide bonds. The van der Waals surface area contributed by atoms with Crippen molar-refractivity contribution >= 4 is 40.5 Å². The van der Waals surface area contributed by atoms with Crippen LogP contribution in [-0.2, 0) is 4.79 Å². The van der Waals surface area contributed by atoms with Crippen molar-refractivity contribution in [1.29, 1.82) is 0 Å². The van der Waals surface area contributed by atoms with Crippen molar-refractivity contribution in [2.24, 2.45) is 0 Å². The molecule has 0 aliphatic heterocycles. The Morgan fingerprint density at radius 2 is 2.09 bits per heavy atom. The zero-order chi connectivity index (χ0) is 16.1. The van der Waals surface area contributed by atoms with Gasteiger partial charge in [-0.15, -0.1) is 11.3 Å². The van der Waals surface area contributed by atoms with Gasteiger partial charge in [-0.25, -0.2) is 9.78 Å². The quantitative estimate of drug-likeness (QED) is 0.916. The molecule has 114 valence electrons. The number of carboxylic acid groups (broad SMARTS) is 1. The molecule has 0 atom stereocenters. The molecule has 2 aromatic heterocycles. The molecule has 0 saturated heterocycles. The minimum atomic E-state index is -0.993. The third-order valence-corrected chi connectivity index (χ3v) is 3.77. The zero-order valence-electron chi connectivity index (χ0n) is 12.2. The van der Waals surface area contributed by atoms with Gasteiger partial charge in [0, 0.05) is 25.0 Å². The van der Waals surface area contributed by atoms with E-state index >= 15 is 0 Å². The summed E-state index contributed by atoms with van der Waals surface area (Å²) >= 11 is 1.38. The van der Waals surface area contributed by atoms with Crippen molar-refractivity contribution in [3.63, 3.8) is 0 Å². The summed E-state index contributed by atoms with van der Waals surface area (Å²) in [7, 11) is 0. The third-order valence-electron chi connectivity index (χ3n) is 2.89. The van der Waals surface area contributed by atoms with Gasteiger partial charge in [0.25, 0.3) is 0 Å². The van der Waals surface area contributed by atoms with Crippen LogP contribution < -0.4 is 4.90 Å². The van der Waals surface area contributed by atoms with E-state index in [0.717, 1.165) is 0 Å². The largest absolute Gasteiger partial charge is 0.478 e. The van der Waals surface area contributed by atoms with Gasteiger partial charge >= 0.3 is 5.97 Å². The number of aromatic carboxylic acids is 1. The smallest absolute Gasteiger partial charge is 0.335 e. The molecule has 2 heterocycles. The van der Waals surface area contributed by atoms with Crippen LogP contribution in [0.3, 0.4) is 0 Å². The second kappa shape index (κ2) is 6.95. The molecule has 0 aromatic carbocycles. The predicted molar refractivity (Wildman–Crippen MR) is 85.9 cm³/mol. The molecule has 0 spiro atoms. The first-order valence-electron chi connectivity index (χ1n) is 6.62. The Morgan fingerprint density at radius 1 is 1.36 bits per heavy atom. The Hall–Kier alpha value is -2.54. The normalized spacial score (nSPS) is 10.8. The van der Waals surface area contributed by atoms with Gasteiger partial charge in [-0.3, -0.25) is 14.7 Å². The Labute approximate surface area is 131 Å². The fraction of sp³-hybridized carbons (Fsp3) is 0.200. The summed E-state index contributed by atoms with van der Waals surface area (Å²) in [6, 6.07) is 2.92. The topological polar surface area (TPSA) is 83.4 Å². The Bertz CT molecular complexity index is 724. The first-order chi connectivity index (χ1) is 10.5. The van der Waals surface area contributed by atoms with Crippen LogP contribution >= 0.6 is 11.3 Å². The van der Waals surface area contributed by atoms with Gasteiger partial charge in [-0.05, 0) is 31.2 Å². The molecule has 0 aliphatic rings. The maximum absolute atomic E-state index is 11.5. The molecule has 0 saturated carbocycles. The maximum Gasteiger partial charge on any atom is 0.335 e. The molecular weight excluding hydrogens is 302 g/mol. The summed E-state index contributed by atoms with van der Waals surface area (Å²) in [6.45, 7) is 3.95. The number of nitrogens with zero attached hydrogens (tertiary/aromatic N) is 3. The molecule has 22 heavy (non-hydrogen) atoms. The minimum Gasteiger partial charge on any atom is -0.478 e. The van der Waals surface area contributed by atoms with Crippen LogP contribution in [0.4, 0.5) is 5.13 Å². The van der Waals surface area contributed by atoms with Gasteiger partial charge in [0.15, 0.2) is 5.13 Å². The number of thiazole rings is 1. The SMILES string of the molecule is CCN(C(C)=O)c1nc(/C=C/c2cc(C(=O)O)ccn2)cs1. The van der Waals surface area contributed by atoms with E-state index in [1.807, 2.05) is 12.3 Å².